The van der Waals surface area contributed by atoms with Gasteiger partial charge in [0, 0.05) is 29.9 Å². The molecule has 186 valence electrons. The Morgan fingerprint density at radius 2 is 1.71 bits per heavy atom. The molecule has 0 spiro atoms. The highest BCUT2D eigenvalue weighted by Crippen LogP contribution is 2.45. The van der Waals surface area contributed by atoms with Crippen molar-refractivity contribution in [2.24, 2.45) is 0 Å². The highest BCUT2D eigenvalue weighted by Gasteiger charge is 2.22. The van der Waals surface area contributed by atoms with E-state index in [0.29, 0.717) is 36.5 Å². The molecule has 2 unspecified atom stereocenters. The Balaban J connectivity index is 1.87. The van der Waals surface area contributed by atoms with Gasteiger partial charge in [-0.05, 0) is 64.9 Å². The topological polar surface area (TPSA) is 107 Å². The lowest BCUT2D eigenvalue weighted by atomic mass is 9.89. The quantitative estimate of drug-likeness (QED) is 0.328. The van der Waals surface area contributed by atoms with Crippen molar-refractivity contribution in [2.45, 2.75) is 50.1 Å². The minimum Gasteiger partial charge on any atom is -0.508 e. The molecule has 0 aromatic heterocycles. The van der Waals surface area contributed by atoms with Crippen molar-refractivity contribution < 1.29 is 30.0 Å². The number of phenols is 2. The molecule has 0 fully saturated rings. The monoisotopic (exact) mass is 514 g/mol. The van der Waals surface area contributed by atoms with Gasteiger partial charge in [-0.25, -0.2) is 0 Å². The summed E-state index contributed by atoms with van der Waals surface area (Å²) in [7, 11) is 4.66. The Morgan fingerprint density at radius 3 is 2.51 bits per heavy atom. The van der Waals surface area contributed by atoms with Gasteiger partial charge in [-0.1, -0.05) is 45.9 Å². The number of rotatable bonds is 1. The van der Waals surface area contributed by atoms with Gasteiger partial charge < -0.3 is 25.2 Å². The molecular weight excluding hydrogens is 484 g/mol. The van der Waals surface area contributed by atoms with Crippen LogP contribution in [0.5, 0.6) is 17.2 Å². The molecule has 0 amide bonds. The van der Waals surface area contributed by atoms with Crippen molar-refractivity contribution in [3.63, 3.8) is 0 Å². The maximum absolute atomic E-state index is 12.6. The van der Waals surface area contributed by atoms with Crippen molar-refractivity contribution in [1.82, 2.24) is 0 Å². The van der Waals surface area contributed by atoms with Crippen LogP contribution >= 0.6 is 21.6 Å². The molecule has 1 heterocycles. The number of ether oxygens (including phenoxy) is 1. The van der Waals surface area contributed by atoms with E-state index in [0.717, 1.165) is 33.0 Å². The lowest BCUT2D eigenvalue weighted by Crippen LogP contribution is -2.18. The molecule has 4 N–H and O–H groups in total. The number of aliphatic hydroxyl groups excluding tert-OH is 2. The summed E-state index contributed by atoms with van der Waals surface area (Å²) in [6.45, 7) is 0. The average Bonchev–Trinajstić information content (AvgIpc) is 2.83. The molecule has 1 aliphatic heterocycles. The van der Waals surface area contributed by atoms with Gasteiger partial charge in [-0.2, -0.15) is 0 Å². The number of Topliss-reactive ketones (excluding diaryl/α,β-unsaturated/α-hetero) is 1. The molecular formula is C27H30O6S2. The molecule has 0 radical (unpaired) electrons. The van der Waals surface area contributed by atoms with Gasteiger partial charge in [-0.3, -0.25) is 4.79 Å². The zero-order chi connectivity index (χ0) is 24.9. The van der Waals surface area contributed by atoms with Gasteiger partial charge in [0.25, 0.3) is 0 Å². The Kier molecular flexibility index (Phi) is 8.49. The van der Waals surface area contributed by atoms with Crippen LogP contribution in [0.15, 0.2) is 42.5 Å². The molecule has 2 atom stereocenters. The summed E-state index contributed by atoms with van der Waals surface area (Å²) in [4.78, 5) is 12.6. The summed E-state index contributed by atoms with van der Waals surface area (Å²) >= 11 is 0. The van der Waals surface area contributed by atoms with Crippen LogP contribution in [0, 0.1) is 0 Å². The van der Waals surface area contributed by atoms with Crippen LogP contribution in [-0.4, -0.2) is 51.3 Å². The van der Waals surface area contributed by atoms with E-state index < -0.39 is 12.2 Å². The lowest BCUT2D eigenvalue weighted by molar-refractivity contribution is -0.121. The van der Waals surface area contributed by atoms with E-state index in [1.807, 2.05) is 24.3 Å². The Morgan fingerprint density at radius 1 is 0.943 bits per heavy atom. The average molecular weight is 515 g/mol. The van der Waals surface area contributed by atoms with Gasteiger partial charge >= 0.3 is 0 Å². The first-order valence-electron chi connectivity index (χ1n) is 11.6. The summed E-state index contributed by atoms with van der Waals surface area (Å²) in [6, 6.07) is 12.6. The van der Waals surface area contributed by atoms with Crippen LogP contribution in [0.3, 0.4) is 0 Å². The standard InChI is InChI=1S/C27H30O6S2/c1-33-27-25(32)11-5-17-3-7-18(28)12-19(29)8-9-21(31)14-34-35-15-24-22(26(17)27)10-4-16-2-6-20(30)13-23(16)24/h2,4-6,10-11,13,19,21,29-32H,3,7-9,12,14-15H2,1H3. The molecule has 3 aromatic rings. The second-order valence-electron chi connectivity index (χ2n) is 8.82. The first kappa shape index (κ1) is 25.7. The number of fused-ring (bicyclic) bond motifs is 5. The van der Waals surface area contributed by atoms with Gasteiger partial charge in [0.1, 0.15) is 11.5 Å². The molecule has 8 heteroatoms. The number of aromatic hydroxyl groups is 2. The first-order chi connectivity index (χ1) is 16.9. The minimum absolute atomic E-state index is 0.00880. The van der Waals surface area contributed by atoms with Gasteiger partial charge in [0.15, 0.2) is 11.5 Å². The number of phenolic OH excluding ortho intramolecular Hbond substituents is 2. The van der Waals surface area contributed by atoms with Gasteiger partial charge in [0.2, 0.25) is 0 Å². The lowest BCUT2D eigenvalue weighted by Gasteiger charge is -2.20. The number of ketones is 1. The fourth-order valence-corrected chi connectivity index (χ4v) is 6.81. The number of benzene rings is 3. The summed E-state index contributed by atoms with van der Waals surface area (Å²) in [6.07, 6.45) is 0.210. The van der Waals surface area contributed by atoms with E-state index >= 15 is 0 Å². The van der Waals surface area contributed by atoms with Crippen LogP contribution in [0.2, 0.25) is 0 Å². The number of carbonyl (C=O) groups excluding carboxylic acids is 1. The number of carbonyl (C=O) groups is 1. The van der Waals surface area contributed by atoms with Crippen molar-refractivity contribution in [3.05, 3.63) is 53.6 Å². The van der Waals surface area contributed by atoms with Crippen molar-refractivity contribution in [2.75, 3.05) is 12.9 Å². The van der Waals surface area contributed by atoms with Crippen LogP contribution in [0.1, 0.15) is 36.8 Å². The van der Waals surface area contributed by atoms with E-state index in [-0.39, 0.29) is 30.1 Å². The zero-order valence-corrected chi connectivity index (χ0v) is 21.2. The first-order valence-corrected chi connectivity index (χ1v) is 14.1. The number of hydrogen-bond acceptors (Lipinski definition) is 8. The number of methoxy groups -OCH3 is 1. The van der Waals surface area contributed by atoms with E-state index in [9.17, 15) is 25.2 Å². The molecule has 35 heavy (non-hydrogen) atoms. The molecule has 0 aliphatic carbocycles. The number of aliphatic hydroxyl groups is 2. The summed E-state index contributed by atoms with van der Waals surface area (Å²) < 4.78 is 5.63. The van der Waals surface area contributed by atoms with Gasteiger partial charge in [-0.15, -0.1) is 0 Å². The molecule has 0 bridgehead atoms. The molecule has 1 aliphatic rings. The highest BCUT2D eigenvalue weighted by molar-refractivity contribution is 8.76. The summed E-state index contributed by atoms with van der Waals surface area (Å²) in [5.74, 6) is 1.55. The predicted octanol–water partition coefficient (Wildman–Crippen LogP) is 5.22. The van der Waals surface area contributed by atoms with Crippen LogP contribution in [-0.2, 0) is 17.0 Å². The van der Waals surface area contributed by atoms with Crippen LogP contribution < -0.4 is 4.74 Å². The van der Waals surface area contributed by atoms with E-state index in [1.165, 1.54) is 7.11 Å². The fourth-order valence-electron chi connectivity index (χ4n) is 4.52. The molecule has 0 saturated carbocycles. The third kappa shape index (κ3) is 6.06. The van der Waals surface area contributed by atoms with Crippen molar-refractivity contribution in [3.8, 4) is 28.4 Å². The smallest absolute Gasteiger partial charge is 0.168 e. The third-order valence-electron chi connectivity index (χ3n) is 6.33. The highest BCUT2D eigenvalue weighted by atomic mass is 33.1. The maximum Gasteiger partial charge on any atom is 0.168 e. The van der Waals surface area contributed by atoms with Gasteiger partial charge in [0.05, 0.1) is 19.3 Å². The second-order valence-corrected chi connectivity index (χ2v) is 11.3. The maximum atomic E-state index is 12.6. The minimum atomic E-state index is -0.767. The Hall–Kier alpha value is -2.39. The summed E-state index contributed by atoms with van der Waals surface area (Å²) in [5, 5.41) is 43.3. The molecule has 6 nitrogen and oxygen atoms in total. The van der Waals surface area contributed by atoms with Crippen LogP contribution in [0.25, 0.3) is 21.9 Å². The molecule has 4 rings (SSSR count). The van der Waals surface area contributed by atoms with E-state index in [2.05, 4.69) is 0 Å². The molecule has 3 aromatic carbocycles. The number of aryl methyl sites for hydroxylation is 1. The normalized spacial score (nSPS) is 20.3. The van der Waals surface area contributed by atoms with E-state index in [4.69, 9.17) is 4.74 Å². The summed E-state index contributed by atoms with van der Waals surface area (Å²) in [5.41, 5.74) is 3.42. The third-order valence-corrected chi connectivity index (χ3v) is 8.69. The fraction of sp³-hybridized carbons (Fsp3) is 0.370. The van der Waals surface area contributed by atoms with Crippen molar-refractivity contribution in [1.29, 1.82) is 0 Å². The number of hydrogen-bond donors (Lipinski definition) is 4. The second kappa shape index (κ2) is 11.6. The van der Waals surface area contributed by atoms with Crippen molar-refractivity contribution >= 4 is 38.1 Å². The predicted molar refractivity (Wildman–Crippen MR) is 142 cm³/mol. The SMILES string of the molecule is COc1c(O)ccc2c1-c1ccc3ccc(O)cc3c1CSSCC(O)CCC(O)CC(=O)CC2. The Labute approximate surface area is 212 Å². The van der Waals surface area contributed by atoms with Crippen LogP contribution in [0.4, 0.5) is 0 Å². The molecule has 0 saturated heterocycles. The largest absolute Gasteiger partial charge is 0.508 e. The van der Waals surface area contributed by atoms with E-state index in [1.54, 1.807) is 39.8 Å². The zero-order valence-electron chi connectivity index (χ0n) is 19.6. The Bertz CT molecular complexity index is 1210.